The van der Waals surface area contributed by atoms with E-state index < -0.39 is 5.97 Å². The second kappa shape index (κ2) is 15.9. The van der Waals surface area contributed by atoms with Gasteiger partial charge in [0.25, 0.3) is 6.47 Å². The van der Waals surface area contributed by atoms with Crippen molar-refractivity contribution in [2.24, 2.45) is 11.7 Å². The Morgan fingerprint density at radius 1 is 0.960 bits per heavy atom. The van der Waals surface area contributed by atoms with Crippen LogP contribution in [0, 0.1) is 5.92 Å². The van der Waals surface area contributed by atoms with Crippen LogP contribution in [0.2, 0.25) is 0 Å². The number of nitrogens with two attached hydrogens (primary N) is 1. The Morgan fingerprint density at radius 2 is 1.56 bits per heavy atom. The average Bonchev–Trinajstić information content (AvgIpc) is 2.55. The predicted octanol–water partition coefficient (Wildman–Crippen LogP) is 3.81. The fourth-order valence-electron chi connectivity index (χ4n) is 3.02. The molecular weight excluding hydrogens is 322 g/mol. The molecule has 0 fully saturated rings. The van der Waals surface area contributed by atoms with Gasteiger partial charge in [0.2, 0.25) is 5.91 Å². The molecule has 0 aromatic rings. The molecule has 0 aliphatic carbocycles. The van der Waals surface area contributed by atoms with E-state index in [1.54, 1.807) is 0 Å². The fraction of sp³-hybridized carbons (Fsp3) is 0.842. The number of carboxylic acid groups (broad SMARTS) is 1. The second-order valence-corrected chi connectivity index (χ2v) is 6.73. The first kappa shape index (κ1) is 23.4. The number of carbonyl (C=O) groups is 3. The molecule has 0 saturated carbocycles. The minimum Gasteiger partial charge on any atom is -0.481 e. The van der Waals surface area contributed by atoms with Gasteiger partial charge in [-0.1, -0.05) is 39.0 Å². The van der Waals surface area contributed by atoms with Crippen molar-refractivity contribution in [1.82, 2.24) is 0 Å². The van der Waals surface area contributed by atoms with Crippen LogP contribution in [0.4, 0.5) is 0 Å². The molecule has 1 amide bonds. The number of amides is 1. The molecule has 6 heteroatoms. The van der Waals surface area contributed by atoms with E-state index in [1.165, 1.54) is 0 Å². The van der Waals surface area contributed by atoms with Crippen LogP contribution in [-0.4, -0.2) is 29.6 Å². The topological polar surface area (TPSA) is 107 Å². The highest BCUT2D eigenvalue weighted by Gasteiger charge is 2.16. The molecule has 0 radical (unpaired) electrons. The number of hydrogen-bond acceptors (Lipinski definition) is 4. The van der Waals surface area contributed by atoms with E-state index in [0.29, 0.717) is 12.9 Å². The van der Waals surface area contributed by atoms with Gasteiger partial charge in [0.1, 0.15) is 6.10 Å². The van der Waals surface area contributed by atoms with Gasteiger partial charge in [-0.25, -0.2) is 0 Å². The highest BCUT2D eigenvalue weighted by molar-refractivity contribution is 5.76. The van der Waals surface area contributed by atoms with Crippen LogP contribution in [0.15, 0.2) is 0 Å². The standard InChI is InChI=1S/C19H35NO5/c1-2-3-6-12-17(25-15-21)13-9-11-16(19(20)24)10-7-4-5-8-14-18(22)23/h15-17H,2-14H2,1H3,(H2,20,24)(H,22,23). The molecule has 0 aromatic heterocycles. The van der Waals surface area contributed by atoms with Gasteiger partial charge < -0.3 is 15.6 Å². The zero-order chi connectivity index (χ0) is 18.9. The third-order valence-electron chi connectivity index (χ3n) is 4.55. The van der Waals surface area contributed by atoms with E-state index in [4.69, 9.17) is 15.6 Å². The molecule has 0 aliphatic rings. The highest BCUT2D eigenvalue weighted by Crippen LogP contribution is 2.20. The van der Waals surface area contributed by atoms with Crippen LogP contribution in [-0.2, 0) is 19.1 Å². The van der Waals surface area contributed by atoms with E-state index >= 15 is 0 Å². The lowest BCUT2D eigenvalue weighted by Crippen LogP contribution is -2.24. The molecule has 0 aromatic carbocycles. The third-order valence-corrected chi connectivity index (χ3v) is 4.55. The zero-order valence-electron chi connectivity index (χ0n) is 15.6. The van der Waals surface area contributed by atoms with Crippen molar-refractivity contribution in [2.75, 3.05) is 0 Å². The first-order valence-electron chi connectivity index (χ1n) is 9.61. The summed E-state index contributed by atoms with van der Waals surface area (Å²) in [6, 6.07) is 0. The van der Waals surface area contributed by atoms with E-state index in [-0.39, 0.29) is 24.3 Å². The van der Waals surface area contributed by atoms with E-state index in [9.17, 15) is 14.4 Å². The number of ether oxygens (including phenoxy) is 1. The summed E-state index contributed by atoms with van der Waals surface area (Å²) >= 11 is 0. The summed E-state index contributed by atoms with van der Waals surface area (Å²) in [5.74, 6) is -1.18. The maximum atomic E-state index is 11.6. The van der Waals surface area contributed by atoms with E-state index in [2.05, 4.69) is 6.92 Å². The van der Waals surface area contributed by atoms with Crippen molar-refractivity contribution >= 4 is 18.3 Å². The average molecular weight is 357 g/mol. The number of unbranched alkanes of at least 4 members (excludes halogenated alkanes) is 5. The summed E-state index contributed by atoms with van der Waals surface area (Å²) in [6.07, 6.45) is 10.7. The first-order chi connectivity index (χ1) is 12.0. The fourth-order valence-corrected chi connectivity index (χ4v) is 3.02. The monoisotopic (exact) mass is 357 g/mol. The normalized spacial score (nSPS) is 13.2. The molecule has 0 aliphatic heterocycles. The highest BCUT2D eigenvalue weighted by atomic mass is 16.5. The number of primary amides is 1. The zero-order valence-corrected chi connectivity index (χ0v) is 15.6. The van der Waals surface area contributed by atoms with E-state index in [1.807, 2.05) is 0 Å². The van der Waals surface area contributed by atoms with E-state index in [0.717, 1.165) is 70.6 Å². The van der Waals surface area contributed by atoms with Crippen molar-refractivity contribution in [3.05, 3.63) is 0 Å². The van der Waals surface area contributed by atoms with Gasteiger partial charge in [-0.05, 0) is 44.9 Å². The van der Waals surface area contributed by atoms with Crippen molar-refractivity contribution in [1.29, 1.82) is 0 Å². The number of hydrogen-bond donors (Lipinski definition) is 2. The molecule has 6 nitrogen and oxygen atoms in total. The Kier molecular flexibility index (Phi) is 14.9. The lowest BCUT2D eigenvalue weighted by atomic mass is 9.93. The van der Waals surface area contributed by atoms with Gasteiger partial charge in [0, 0.05) is 12.3 Å². The summed E-state index contributed by atoms with van der Waals surface area (Å²) in [5.41, 5.74) is 5.49. The number of aliphatic carboxylic acids is 1. The summed E-state index contributed by atoms with van der Waals surface area (Å²) in [6.45, 7) is 2.65. The SMILES string of the molecule is CCCCCC(CCCC(CCCCCCC(=O)O)C(N)=O)OC=O. The van der Waals surface area contributed by atoms with Crippen LogP contribution in [0.5, 0.6) is 0 Å². The molecule has 0 heterocycles. The molecule has 0 rings (SSSR count). The summed E-state index contributed by atoms with van der Waals surface area (Å²) < 4.78 is 5.13. The lowest BCUT2D eigenvalue weighted by molar-refractivity contribution is -0.137. The van der Waals surface area contributed by atoms with Crippen molar-refractivity contribution < 1.29 is 24.2 Å². The summed E-state index contributed by atoms with van der Waals surface area (Å²) in [5, 5.41) is 8.59. The molecule has 3 N–H and O–H groups in total. The summed E-state index contributed by atoms with van der Waals surface area (Å²) in [4.78, 5) is 32.6. The van der Waals surface area contributed by atoms with Gasteiger partial charge in [-0.3, -0.25) is 14.4 Å². The quantitative estimate of drug-likeness (QED) is 0.286. The van der Waals surface area contributed by atoms with Crippen molar-refractivity contribution in [3.63, 3.8) is 0 Å². The maximum absolute atomic E-state index is 11.6. The molecule has 0 saturated heterocycles. The maximum Gasteiger partial charge on any atom is 0.303 e. The van der Waals surface area contributed by atoms with Crippen LogP contribution >= 0.6 is 0 Å². The number of rotatable bonds is 18. The molecule has 2 atom stereocenters. The first-order valence-corrected chi connectivity index (χ1v) is 9.61. The predicted molar refractivity (Wildman–Crippen MR) is 97.0 cm³/mol. The van der Waals surface area contributed by atoms with Crippen LogP contribution in [0.3, 0.4) is 0 Å². The molecule has 146 valence electrons. The molecular formula is C19H35NO5. The van der Waals surface area contributed by atoms with Gasteiger partial charge in [-0.2, -0.15) is 0 Å². The van der Waals surface area contributed by atoms with Gasteiger partial charge in [0.05, 0.1) is 0 Å². The summed E-state index contributed by atoms with van der Waals surface area (Å²) in [7, 11) is 0. The molecule has 0 spiro atoms. The Hall–Kier alpha value is -1.59. The molecule has 0 bridgehead atoms. The van der Waals surface area contributed by atoms with Gasteiger partial charge >= 0.3 is 5.97 Å². The number of carbonyl (C=O) groups excluding carboxylic acids is 2. The Balaban J connectivity index is 3.97. The molecule has 2 unspecified atom stereocenters. The van der Waals surface area contributed by atoms with Crippen molar-refractivity contribution in [3.8, 4) is 0 Å². The Morgan fingerprint density at radius 3 is 2.16 bits per heavy atom. The largest absolute Gasteiger partial charge is 0.481 e. The van der Waals surface area contributed by atoms with Gasteiger partial charge in [-0.15, -0.1) is 0 Å². The second-order valence-electron chi connectivity index (χ2n) is 6.73. The Bertz CT molecular complexity index is 373. The smallest absolute Gasteiger partial charge is 0.303 e. The Labute approximate surface area is 151 Å². The minimum absolute atomic E-state index is 0.0615. The minimum atomic E-state index is -0.763. The van der Waals surface area contributed by atoms with Crippen LogP contribution in [0.1, 0.15) is 90.4 Å². The van der Waals surface area contributed by atoms with Crippen LogP contribution in [0.25, 0.3) is 0 Å². The third kappa shape index (κ3) is 14.5. The van der Waals surface area contributed by atoms with Crippen molar-refractivity contribution in [2.45, 2.75) is 96.5 Å². The number of carboxylic acids is 1. The molecule has 25 heavy (non-hydrogen) atoms. The van der Waals surface area contributed by atoms with Crippen LogP contribution < -0.4 is 5.73 Å². The lowest BCUT2D eigenvalue weighted by Gasteiger charge is -2.17. The van der Waals surface area contributed by atoms with Gasteiger partial charge in [0.15, 0.2) is 0 Å².